The summed E-state index contributed by atoms with van der Waals surface area (Å²) in [6, 6.07) is 0. The van der Waals surface area contributed by atoms with Crippen molar-refractivity contribution >= 4 is 17.8 Å². The minimum atomic E-state index is 0.328. The molecule has 3 rings (SSSR count). The maximum atomic E-state index is 5.87. The summed E-state index contributed by atoms with van der Waals surface area (Å²) < 4.78 is 0. The van der Waals surface area contributed by atoms with Crippen molar-refractivity contribution in [1.29, 1.82) is 0 Å². The number of hydrogen-bond acceptors (Lipinski definition) is 7. The molecule has 7 heteroatoms. The first-order chi connectivity index (χ1) is 9.72. The van der Waals surface area contributed by atoms with Crippen molar-refractivity contribution in [3.63, 3.8) is 0 Å². The predicted molar refractivity (Wildman–Crippen MR) is 80.0 cm³/mol. The van der Waals surface area contributed by atoms with Crippen LogP contribution in [0.2, 0.25) is 0 Å². The SMILES string of the molecule is CN1CCCN(c2nc(N)nc(N3CCCC3)n2)CC1. The standard InChI is InChI=1S/C13H23N7/c1-18-5-4-8-20(10-9-18)13-16-11(14)15-12(17-13)19-6-2-3-7-19/h2-10H2,1H3,(H2,14,15,16,17). The molecule has 7 nitrogen and oxygen atoms in total. The van der Waals surface area contributed by atoms with Crippen molar-refractivity contribution < 1.29 is 0 Å². The molecule has 3 heterocycles. The highest BCUT2D eigenvalue weighted by Gasteiger charge is 2.20. The summed E-state index contributed by atoms with van der Waals surface area (Å²) in [5.41, 5.74) is 5.87. The summed E-state index contributed by atoms with van der Waals surface area (Å²) in [6.45, 7) is 6.12. The van der Waals surface area contributed by atoms with Gasteiger partial charge in [0.1, 0.15) is 0 Å². The lowest BCUT2D eigenvalue weighted by molar-refractivity contribution is 0.360. The van der Waals surface area contributed by atoms with Gasteiger partial charge in [-0.05, 0) is 32.9 Å². The second kappa shape index (κ2) is 5.78. The molecule has 20 heavy (non-hydrogen) atoms. The van der Waals surface area contributed by atoms with E-state index in [0.29, 0.717) is 5.95 Å². The normalized spacial score (nSPS) is 21.2. The third-order valence-corrected chi connectivity index (χ3v) is 4.02. The fraction of sp³-hybridized carbons (Fsp3) is 0.769. The van der Waals surface area contributed by atoms with E-state index in [1.165, 1.54) is 12.8 Å². The van der Waals surface area contributed by atoms with Gasteiger partial charge in [0.05, 0.1) is 0 Å². The van der Waals surface area contributed by atoms with Gasteiger partial charge in [0.2, 0.25) is 17.8 Å². The first-order valence-corrected chi connectivity index (χ1v) is 7.42. The molecule has 0 bridgehead atoms. The van der Waals surface area contributed by atoms with Gasteiger partial charge in [0.25, 0.3) is 0 Å². The van der Waals surface area contributed by atoms with Crippen LogP contribution in [0.4, 0.5) is 17.8 Å². The highest BCUT2D eigenvalue weighted by Crippen LogP contribution is 2.20. The monoisotopic (exact) mass is 277 g/mol. The van der Waals surface area contributed by atoms with Crippen molar-refractivity contribution in [2.45, 2.75) is 19.3 Å². The predicted octanol–water partition coefficient (Wildman–Crippen LogP) is 0.196. The van der Waals surface area contributed by atoms with E-state index in [2.05, 4.69) is 36.7 Å². The zero-order valence-electron chi connectivity index (χ0n) is 12.1. The third kappa shape index (κ3) is 2.92. The molecule has 2 fully saturated rings. The van der Waals surface area contributed by atoms with Crippen LogP contribution in [0.3, 0.4) is 0 Å². The number of nitrogen functional groups attached to an aromatic ring is 1. The van der Waals surface area contributed by atoms with Gasteiger partial charge in [-0.3, -0.25) is 0 Å². The highest BCUT2D eigenvalue weighted by atomic mass is 15.4. The molecule has 0 amide bonds. The Bertz CT molecular complexity index is 458. The second-order valence-corrected chi connectivity index (χ2v) is 5.63. The molecule has 2 N–H and O–H groups in total. The van der Waals surface area contributed by atoms with E-state index < -0.39 is 0 Å². The van der Waals surface area contributed by atoms with E-state index in [1.54, 1.807) is 0 Å². The first kappa shape index (κ1) is 13.4. The minimum absolute atomic E-state index is 0.328. The molecule has 2 aliphatic rings. The maximum Gasteiger partial charge on any atom is 0.232 e. The summed E-state index contributed by atoms with van der Waals surface area (Å²) in [5, 5.41) is 0. The van der Waals surface area contributed by atoms with Crippen molar-refractivity contribution in [2.75, 3.05) is 61.8 Å². The summed E-state index contributed by atoms with van der Waals surface area (Å²) in [4.78, 5) is 20.0. The molecule has 2 aliphatic heterocycles. The fourth-order valence-electron chi connectivity index (χ4n) is 2.82. The molecule has 1 aromatic heterocycles. The van der Waals surface area contributed by atoms with Crippen LogP contribution in [-0.2, 0) is 0 Å². The van der Waals surface area contributed by atoms with Crippen molar-refractivity contribution in [2.24, 2.45) is 0 Å². The quantitative estimate of drug-likeness (QED) is 0.827. The van der Waals surface area contributed by atoms with Gasteiger partial charge in [-0.1, -0.05) is 0 Å². The largest absolute Gasteiger partial charge is 0.368 e. The Kier molecular flexibility index (Phi) is 3.86. The molecule has 0 radical (unpaired) electrons. The van der Waals surface area contributed by atoms with Gasteiger partial charge in [0.15, 0.2) is 0 Å². The topological polar surface area (TPSA) is 74.4 Å². The summed E-state index contributed by atoms with van der Waals surface area (Å²) >= 11 is 0. The van der Waals surface area contributed by atoms with Crippen molar-refractivity contribution in [3.05, 3.63) is 0 Å². The second-order valence-electron chi connectivity index (χ2n) is 5.63. The molecule has 0 unspecified atom stereocenters. The van der Waals surface area contributed by atoms with E-state index in [0.717, 1.165) is 57.6 Å². The molecule has 110 valence electrons. The molecule has 0 atom stereocenters. The zero-order valence-corrected chi connectivity index (χ0v) is 12.1. The van der Waals surface area contributed by atoms with Gasteiger partial charge in [-0.15, -0.1) is 0 Å². The van der Waals surface area contributed by atoms with Crippen LogP contribution in [0.25, 0.3) is 0 Å². The van der Waals surface area contributed by atoms with Crippen LogP contribution in [0, 0.1) is 0 Å². The maximum absolute atomic E-state index is 5.87. The van der Waals surface area contributed by atoms with Crippen molar-refractivity contribution in [1.82, 2.24) is 19.9 Å². The molecule has 0 saturated carbocycles. The lowest BCUT2D eigenvalue weighted by Crippen LogP contribution is -2.31. The molecule has 0 spiro atoms. The number of hydrogen-bond donors (Lipinski definition) is 1. The molecule has 1 aromatic rings. The number of likely N-dealkylation sites (N-methyl/N-ethyl adjacent to an activating group) is 1. The van der Waals surface area contributed by atoms with E-state index in [-0.39, 0.29) is 0 Å². The number of rotatable bonds is 2. The zero-order chi connectivity index (χ0) is 13.9. The van der Waals surface area contributed by atoms with Gasteiger partial charge < -0.3 is 20.4 Å². The van der Waals surface area contributed by atoms with E-state index >= 15 is 0 Å². The smallest absolute Gasteiger partial charge is 0.232 e. The number of aromatic nitrogens is 3. The van der Waals surface area contributed by atoms with Gasteiger partial charge in [-0.25, -0.2) is 0 Å². The number of nitrogens with two attached hydrogens (primary N) is 1. The molecular formula is C13H23N7. The van der Waals surface area contributed by atoms with Crippen LogP contribution in [0.5, 0.6) is 0 Å². The van der Waals surface area contributed by atoms with E-state index in [1.807, 2.05) is 0 Å². The lowest BCUT2D eigenvalue weighted by atomic mass is 10.4. The Balaban J connectivity index is 1.81. The van der Waals surface area contributed by atoms with Crippen LogP contribution >= 0.6 is 0 Å². The van der Waals surface area contributed by atoms with Crippen LogP contribution in [0.1, 0.15) is 19.3 Å². The van der Waals surface area contributed by atoms with Crippen LogP contribution in [-0.4, -0.2) is 66.2 Å². The van der Waals surface area contributed by atoms with Crippen LogP contribution < -0.4 is 15.5 Å². The first-order valence-electron chi connectivity index (χ1n) is 7.42. The van der Waals surface area contributed by atoms with Gasteiger partial charge in [-0.2, -0.15) is 15.0 Å². The fourth-order valence-corrected chi connectivity index (χ4v) is 2.82. The van der Waals surface area contributed by atoms with Crippen molar-refractivity contribution in [3.8, 4) is 0 Å². The number of anilines is 3. The average molecular weight is 277 g/mol. The Labute approximate surface area is 119 Å². The average Bonchev–Trinajstić information content (AvgIpc) is 2.88. The Morgan fingerprint density at radius 2 is 1.35 bits per heavy atom. The Morgan fingerprint density at radius 1 is 0.750 bits per heavy atom. The number of nitrogens with zero attached hydrogens (tertiary/aromatic N) is 6. The Hall–Kier alpha value is -1.63. The van der Waals surface area contributed by atoms with E-state index in [4.69, 9.17) is 5.73 Å². The van der Waals surface area contributed by atoms with Crippen LogP contribution in [0.15, 0.2) is 0 Å². The lowest BCUT2D eigenvalue weighted by Gasteiger charge is -2.22. The van der Waals surface area contributed by atoms with E-state index in [9.17, 15) is 0 Å². The minimum Gasteiger partial charge on any atom is -0.368 e. The summed E-state index contributed by atoms with van der Waals surface area (Å²) in [6.07, 6.45) is 3.53. The highest BCUT2D eigenvalue weighted by molar-refractivity contribution is 5.44. The molecule has 0 aromatic carbocycles. The molecule has 0 aliphatic carbocycles. The summed E-state index contributed by atoms with van der Waals surface area (Å²) in [5.74, 6) is 1.80. The Morgan fingerprint density at radius 3 is 2.05 bits per heavy atom. The molecular weight excluding hydrogens is 254 g/mol. The third-order valence-electron chi connectivity index (χ3n) is 4.02. The molecule has 2 saturated heterocycles. The summed E-state index contributed by atoms with van der Waals surface area (Å²) in [7, 11) is 2.15. The van der Waals surface area contributed by atoms with Gasteiger partial charge >= 0.3 is 0 Å². The van der Waals surface area contributed by atoms with Gasteiger partial charge in [0, 0.05) is 32.7 Å².